The summed E-state index contributed by atoms with van der Waals surface area (Å²) in [6.07, 6.45) is 13.2. The van der Waals surface area contributed by atoms with Crippen LogP contribution in [0.25, 0.3) is 0 Å². The molecule has 0 unspecified atom stereocenters. The molecule has 0 aliphatic heterocycles. The predicted octanol–water partition coefficient (Wildman–Crippen LogP) is 5.47. The van der Waals surface area contributed by atoms with Crippen molar-refractivity contribution < 1.29 is 9.63 Å². The number of hydroxylamine groups is 2. The molecule has 2 fully saturated rings. The van der Waals surface area contributed by atoms with Gasteiger partial charge in [-0.2, -0.15) is 0 Å². The lowest BCUT2D eigenvalue weighted by atomic mass is 9.48. The Balaban J connectivity index is 1.63. The molecule has 1 amide bonds. The van der Waals surface area contributed by atoms with Crippen LogP contribution in [0.5, 0.6) is 0 Å². The van der Waals surface area contributed by atoms with Gasteiger partial charge in [0.1, 0.15) is 0 Å². The van der Waals surface area contributed by atoms with Gasteiger partial charge in [0.15, 0.2) is 0 Å². The standard InChI is InChI=1S/C22H32BrNO2/c1-21-11-9-15(23)13-14(21)5-6-16-17-7-8-19(20(25)24(3)26-4)22(17,2)12-10-18(16)21/h5,13,16-19H,6-12H2,1-4H3/t16-,17-,18-,19+,21-,22-/m0/s1. The SMILES string of the molecule is CON(C)C(=O)[C@H]1CC[C@H]2[C@@H]3CC=C4C=C(Br)CC[C@]4(C)[C@H]3CC[C@]12C. The third kappa shape index (κ3) is 2.58. The summed E-state index contributed by atoms with van der Waals surface area (Å²) >= 11 is 3.73. The largest absolute Gasteiger partial charge is 0.275 e. The molecule has 144 valence electrons. The van der Waals surface area contributed by atoms with Gasteiger partial charge in [0.05, 0.1) is 7.11 Å². The van der Waals surface area contributed by atoms with E-state index in [-0.39, 0.29) is 17.2 Å². The van der Waals surface area contributed by atoms with Crippen LogP contribution in [-0.2, 0) is 9.63 Å². The zero-order valence-electron chi connectivity index (χ0n) is 16.6. The molecule has 6 atom stereocenters. The lowest BCUT2D eigenvalue weighted by molar-refractivity contribution is -0.179. The molecular formula is C22H32BrNO2. The first kappa shape index (κ1) is 18.7. The normalized spacial score (nSPS) is 44.3. The molecule has 0 spiro atoms. The molecular weight excluding hydrogens is 390 g/mol. The van der Waals surface area contributed by atoms with Gasteiger partial charge in [-0.25, -0.2) is 5.06 Å². The number of hydrogen-bond donors (Lipinski definition) is 0. The van der Waals surface area contributed by atoms with E-state index in [2.05, 4.69) is 41.9 Å². The highest BCUT2D eigenvalue weighted by Gasteiger charge is 2.59. The third-order valence-corrected chi connectivity index (χ3v) is 9.23. The zero-order chi connectivity index (χ0) is 18.7. The minimum absolute atomic E-state index is 0.122. The second-order valence-electron chi connectivity index (χ2n) is 9.47. The van der Waals surface area contributed by atoms with Gasteiger partial charge in [-0.15, -0.1) is 0 Å². The molecule has 4 aliphatic carbocycles. The second kappa shape index (κ2) is 6.48. The van der Waals surface area contributed by atoms with Gasteiger partial charge in [0.2, 0.25) is 5.91 Å². The fraction of sp³-hybridized carbons (Fsp3) is 0.773. The van der Waals surface area contributed by atoms with E-state index in [1.807, 2.05) is 0 Å². The molecule has 3 nitrogen and oxygen atoms in total. The summed E-state index contributed by atoms with van der Waals surface area (Å²) in [5, 5.41) is 1.45. The van der Waals surface area contributed by atoms with Gasteiger partial charge < -0.3 is 0 Å². The van der Waals surface area contributed by atoms with Gasteiger partial charge in [0.25, 0.3) is 0 Å². The number of hydrogen-bond acceptors (Lipinski definition) is 2. The van der Waals surface area contributed by atoms with Crippen LogP contribution in [0, 0.1) is 34.5 Å². The molecule has 4 rings (SSSR count). The molecule has 0 saturated heterocycles. The van der Waals surface area contributed by atoms with Crippen molar-refractivity contribution in [2.75, 3.05) is 14.2 Å². The summed E-state index contributed by atoms with van der Waals surface area (Å²) < 4.78 is 1.36. The zero-order valence-corrected chi connectivity index (χ0v) is 18.1. The maximum absolute atomic E-state index is 12.9. The summed E-state index contributed by atoms with van der Waals surface area (Å²) in [7, 11) is 3.35. The molecule has 2 saturated carbocycles. The summed E-state index contributed by atoms with van der Waals surface area (Å²) in [6.45, 7) is 4.90. The van der Waals surface area contributed by atoms with E-state index in [4.69, 9.17) is 4.84 Å². The van der Waals surface area contributed by atoms with Gasteiger partial charge in [-0.1, -0.05) is 35.9 Å². The van der Waals surface area contributed by atoms with Crippen molar-refractivity contribution in [2.45, 2.75) is 58.8 Å². The highest BCUT2D eigenvalue weighted by atomic mass is 79.9. The fourth-order valence-corrected chi connectivity index (χ4v) is 7.45. The van der Waals surface area contributed by atoms with E-state index < -0.39 is 0 Å². The van der Waals surface area contributed by atoms with E-state index in [0.29, 0.717) is 11.3 Å². The molecule has 0 bridgehead atoms. The number of carbonyl (C=O) groups is 1. The van der Waals surface area contributed by atoms with Crippen molar-refractivity contribution in [1.82, 2.24) is 5.06 Å². The summed E-state index contributed by atoms with van der Waals surface area (Å²) in [4.78, 5) is 18.1. The van der Waals surface area contributed by atoms with Crippen molar-refractivity contribution in [3.05, 3.63) is 22.2 Å². The number of rotatable bonds is 2. The third-order valence-electron chi connectivity index (χ3n) is 8.60. The molecule has 0 aromatic carbocycles. The highest BCUT2D eigenvalue weighted by Crippen LogP contribution is 2.66. The van der Waals surface area contributed by atoms with E-state index in [0.717, 1.165) is 18.3 Å². The van der Waals surface area contributed by atoms with E-state index in [1.165, 1.54) is 48.1 Å². The first-order valence-electron chi connectivity index (χ1n) is 10.2. The average molecular weight is 422 g/mol. The van der Waals surface area contributed by atoms with Crippen LogP contribution in [0.1, 0.15) is 58.8 Å². The van der Waals surface area contributed by atoms with Gasteiger partial charge in [-0.3, -0.25) is 9.63 Å². The molecule has 4 aliphatic rings. The minimum atomic E-state index is 0.122. The first-order chi connectivity index (χ1) is 12.3. The Hall–Kier alpha value is -0.610. The summed E-state index contributed by atoms with van der Waals surface area (Å²) in [6, 6.07) is 0. The Bertz CT molecular complexity index is 671. The summed E-state index contributed by atoms with van der Waals surface area (Å²) in [5.74, 6) is 2.48. The number of nitrogens with zero attached hydrogens (tertiary/aromatic N) is 1. The Morgan fingerprint density at radius 1 is 1.23 bits per heavy atom. The van der Waals surface area contributed by atoms with Crippen LogP contribution in [0.2, 0.25) is 0 Å². The topological polar surface area (TPSA) is 29.5 Å². The molecule has 0 aromatic rings. The first-order valence-corrected chi connectivity index (χ1v) is 11.0. The van der Waals surface area contributed by atoms with Crippen molar-refractivity contribution in [1.29, 1.82) is 0 Å². The maximum atomic E-state index is 12.9. The fourth-order valence-electron chi connectivity index (χ4n) is 7.01. The number of allylic oxidation sites excluding steroid dienone is 4. The minimum Gasteiger partial charge on any atom is -0.275 e. The lowest BCUT2D eigenvalue weighted by Crippen LogP contribution is -2.51. The predicted molar refractivity (Wildman–Crippen MR) is 107 cm³/mol. The lowest BCUT2D eigenvalue weighted by Gasteiger charge is -2.57. The monoisotopic (exact) mass is 421 g/mol. The molecule has 0 aromatic heterocycles. The van der Waals surface area contributed by atoms with Crippen molar-refractivity contribution >= 4 is 21.8 Å². The van der Waals surface area contributed by atoms with Crippen molar-refractivity contribution in [3.63, 3.8) is 0 Å². The average Bonchev–Trinajstić information content (AvgIpc) is 2.98. The molecule has 0 radical (unpaired) electrons. The van der Waals surface area contributed by atoms with Crippen LogP contribution in [0.3, 0.4) is 0 Å². The van der Waals surface area contributed by atoms with E-state index in [1.54, 1.807) is 19.7 Å². The van der Waals surface area contributed by atoms with Gasteiger partial charge in [0, 0.05) is 13.0 Å². The Morgan fingerprint density at radius 3 is 2.73 bits per heavy atom. The van der Waals surface area contributed by atoms with Crippen molar-refractivity contribution in [2.24, 2.45) is 34.5 Å². The smallest absolute Gasteiger partial charge is 0.249 e. The Morgan fingerprint density at radius 2 is 2.00 bits per heavy atom. The van der Waals surface area contributed by atoms with Crippen LogP contribution in [0.4, 0.5) is 0 Å². The second-order valence-corrected chi connectivity index (χ2v) is 10.5. The molecule has 0 heterocycles. The van der Waals surface area contributed by atoms with E-state index in [9.17, 15) is 4.79 Å². The number of fused-ring (bicyclic) bond motifs is 5. The van der Waals surface area contributed by atoms with Crippen LogP contribution < -0.4 is 0 Å². The summed E-state index contributed by atoms with van der Waals surface area (Å²) in [5.41, 5.74) is 2.02. The molecule has 26 heavy (non-hydrogen) atoms. The number of carbonyl (C=O) groups excluding carboxylic acids is 1. The Kier molecular flexibility index (Phi) is 4.67. The van der Waals surface area contributed by atoms with Crippen LogP contribution in [0.15, 0.2) is 22.2 Å². The van der Waals surface area contributed by atoms with Crippen LogP contribution >= 0.6 is 15.9 Å². The molecule has 4 heteroatoms. The highest BCUT2D eigenvalue weighted by molar-refractivity contribution is 9.11. The van der Waals surface area contributed by atoms with Gasteiger partial charge >= 0.3 is 0 Å². The molecule has 0 N–H and O–H groups in total. The van der Waals surface area contributed by atoms with Gasteiger partial charge in [-0.05, 0) is 89.7 Å². The number of halogens is 1. The number of amides is 1. The van der Waals surface area contributed by atoms with Crippen molar-refractivity contribution in [3.8, 4) is 0 Å². The van der Waals surface area contributed by atoms with E-state index >= 15 is 0 Å². The maximum Gasteiger partial charge on any atom is 0.249 e. The quantitative estimate of drug-likeness (QED) is 0.552. The van der Waals surface area contributed by atoms with Crippen LogP contribution in [-0.4, -0.2) is 25.1 Å². The Labute approximate surface area is 166 Å².